The van der Waals surface area contributed by atoms with E-state index in [1.165, 1.54) is 6.92 Å². The van der Waals surface area contributed by atoms with Crippen molar-refractivity contribution < 1.29 is 19.8 Å². The number of Topliss-reactive ketones (excluding diaryl/α,β-unsaturated/α-hetero) is 1. The summed E-state index contributed by atoms with van der Waals surface area (Å²) >= 11 is 0. The van der Waals surface area contributed by atoms with Crippen molar-refractivity contribution in [3.05, 3.63) is 11.6 Å². The maximum Gasteiger partial charge on any atom is 0.161 e. The SMILES string of the molecule is CC(=O)[C@@]1(O)CC[C@H]2[C@@H]3C(=O)C=C4CC(O)CC[C@]4(C)[C@H]3CC[C@@]21C. The van der Waals surface area contributed by atoms with E-state index in [-0.39, 0.29) is 40.8 Å². The van der Waals surface area contributed by atoms with Gasteiger partial charge in [0.15, 0.2) is 11.6 Å². The molecule has 0 aliphatic heterocycles. The number of allylic oxidation sites excluding steroid dienone is 1. The summed E-state index contributed by atoms with van der Waals surface area (Å²) in [4.78, 5) is 25.3. The number of rotatable bonds is 1. The first kappa shape index (κ1) is 17.4. The van der Waals surface area contributed by atoms with Crippen LogP contribution in [0.5, 0.6) is 0 Å². The van der Waals surface area contributed by atoms with E-state index in [4.69, 9.17) is 0 Å². The van der Waals surface area contributed by atoms with E-state index >= 15 is 0 Å². The molecule has 0 aromatic heterocycles. The first-order valence-corrected chi connectivity index (χ1v) is 9.80. The van der Waals surface area contributed by atoms with Crippen LogP contribution < -0.4 is 0 Å². The van der Waals surface area contributed by atoms with Gasteiger partial charge in [0.05, 0.1) is 6.10 Å². The third kappa shape index (κ3) is 2.07. The minimum atomic E-state index is -1.28. The van der Waals surface area contributed by atoms with Gasteiger partial charge in [0.25, 0.3) is 0 Å². The van der Waals surface area contributed by atoms with Crippen molar-refractivity contribution in [2.45, 2.75) is 77.4 Å². The molecule has 0 radical (unpaired) electrons. The van der Waals surface area contributed by atoms with Crippen LogP contribution >= 0.6 is 0 Å². The molecule has 4 aliphatic rings. The van der Waals surface area contributed by atoms with Gasteiger partial charge in [0, 0.05) is 11.3 Å². The van der Waals surface area contributed by atoms with Gasteiger partial charge < -0.3 is 10.2 Å². The monoisotopic (exact) mass is 346 g/mol. The highest BCUT2D eigenvalue weighted by molar-refractivity contribution is 5.95. The lowest BCUT2D eigenvalue weighted by atomic mass is 9.46. The summed E-state index contributed by atoms with van der Waals surface area (Å²) in [7, 11) is 0. The summed E-state index contributed by atoms with van der Waals surface area (Å²) in [6, 6.07) is 0. The zero-order chi connectivity index (χ0) is 18.2. The molecule has 4 aliphatic carbocycles. The molecule has 138 valence electrons. The Morgan fingerprint density at radius 2 is 1.80 bits per heavy atom. The molecular weight excluding hydrogens is 316 g/mol. The Labute approximate surface area is 149 Å². The minimum Gasteiger partial charge on any atom is -0.393 e. The van der Waals surface area contributed by atoms with E-state index < -0.39 is 11.0 Å². The van der Waals surface area contributed by atoms with Gasteiger partial charge in [-0.3, -0.25) is 9.59 Å². The van der Waals surface area contributed by atoms with Crippen LogP contribution in [0.4, 0.5) is 0 Å². The van der Waals surface area contributed by atoms with Crippen LogP contribution in [0.2, 0.25) is 0 Å². The fraction of sp³-hybridized carbons (Fsp3) is 0.810. The van der Waals surface area contributed by atoms with Crippen LogP contribution in [-0.4, -0.2) is 33.5 Å². The first-order valence-electron chi connectivity index (χ1n) is 9.80. The molecule has 0 spiro atoms. The van der Waals surface area contributed by atoms with Gasteiger partial charge in [-0.2, -0.15) is 0 Å². The summed E-state index contributed by atoms with van der Waals surface area (Å²) in [5, 5.41) is 21.2. The topological polar surface area (TPSA) is 74.6 Å². The second-order valence-electron chi connectivity index (χ2n) is 9.54. The maximum absolute atomic E-state index is 13.1. The molecule has 3 fully saturated rings. The Bertz CT molecular complexity index is 667. The van der Waals surface area contributed by atoms with Crippen LogP contribution in [0.15, 0.2) is 11.6 Å². The molecule has 0 aromatic rings. The smallest absolute Gasteiger partial charge is 0.161 e. The number of aliphatic hydroxyl groups excluding tert-OH is 1. The van der Waals surface area contributed by atoms with Crippen molar-refractivity contribution in [1.29, 1.82) is 0 Å². The van der Waals surface area contributed by atoms with E-state index in [0.29, 0.717) is 12.8 Å². The maximum atomic E-state index is 13.1. The van der Waals surface area contributed by atoms with Crippen molar-refractivity contribution in [3.63, 3.8) is 0 Å². The lowest BCUT2D eigenvalue weighted by molar-refractivity contribution is -0.162. The second-order valence-corrected chi connectivity index (χ2v) is 9.54. The molecule has 2 N–H and O–H groups in total. The van der Waals surface area contributed by atoms with Crippen molar-refractivity contribution in [1.82, 2.24) is 0 Å². The summed E-state index contributed by atoms with van der Waals surface area (Å²) in [6.07, 6.45) is 6.72. The molecule has 4 nitrogen and oxygen atoms in total. The van der Waals surface area contributed by atoms with Crippen LogP contribution in [0.3, 0.4) is 0 Å². The average Bonchev–Trinajstić information content (AvgIpc) is 2.82. The highest BCUT2D eigenvalue weighted by atomic mass is 16.3. The van der Waals surface area contributed by atoms with Crippen LogP contribution in [0.25, 0.3) is 0 Å². The molecule has 0 saturated heterocycles. The fourth-order valence-corrected chi connectivity index (χ4v) is 6.98. The largest absolute Gasteiger partial charge is 0.393 e. The lowest BCUT2D eigenvalue weighted by Gasteiger charge is -2.57. The summed E-state index contributed by atoms with van der Waals surface area (Å²) in [5.74, 6) is 0.280. The molecule has 25 heavy (non-hydrogen) atoms. The van der Waals surface area contributed by atoms with Gasteiger partial charge >= 0.3 is 0 Å². The molecule has 4 heteroatoms. The zero-order valence-electron chi connectivity index (χ0n) is 15.5. The third-order valence-electron chi connectivity index (χ3n) is 8.65. The van der Waals surface area contributed by atoms with Crippen LogP contribution in [0, 0.1) is 28.6 Å². The van der Waals surface area contributed by atoms with Gasteiger partial charge in [-0.15, -0.1) is 0 Å². The van der Waals surface area contributed by atoms with Crippen molar-refractivity contribution >= 4 is 11.6 Å². The second kappa shape index (κ2) is 5.26. The molecule has 0 aromatic carbocycles. The zero-order valence-corrected chi connectivity index (χ0v) is 15.5. The molecule has 3 saturated carbocycles. The Kier molecular flexibility index (Phi) is 3.66. The predicted molar refractivity (Wildman–Crippen MR) is 93.7 cm³/mol. The predicted octanol–water partition coefficient (Wildman–Crippen LogP) is 2.81. The number of fused-ring (bicyclic) bond motifs is 5. The number of carbonyl (C=O) groups excluding carboxylic acids is 2. The number of hydrogen-bond donors (Lipinski definition) is 2. The molecule has 0 heterocycles. The van der Waals surface area contributed by atoms with Gasteiger partial charge in [0.2, 0.25) is 0 Å². The Morgan fingerprint density at radius 3 is 2.48 bits per heavy atom. The molecular formula is C21H30O4. The third-order valence-corrected chi connectivity index (χ3v) is 8.65. The van der Waals surface area contributed by atoms with Crippen molar-refractivity contribution in [3.8, 4) is 0 Å². The normalized spacial score (nSPS) is 52.0. The molecule has 7 atom stereocenters. The van der Waals surface area contributed by atoms with Gasteiger partial charge in [-0.1, -0.05) is 19.4 Å². The summed E-state index contributed by atoms with van der Waals surface area (Å²) in [6.45, 7) is 5.79. The number of hydrogen-bond acceptors (Lipinski definition) is 4. The van der Waals surface area contributed by atoms with E-state index in [9.17, 15) is 19.8 Å². The van der Waals surface area contributed by atoms with Crippen LogP contribution in [0.1, 0.15) is 65.7 Å². The van der Waals surface area contributed by atoms with Gasteiger partial charge in [-0.25, -0.2) is 0 Å². The van der Waals surface area contributed by atoms with Gasteiger partial charge in [0.1, 0.15) is 5.60 Å². The molecule has 4 rings (SSSR count). The van der Waals surface area contributed by atoms with E-state index in [1.54, 1.807) is 6.08 Å². The van der Waals surface area contributed by atoms with Crippen LogP contribution in [-0.2, 0) is 9.59 Å². The summed E-state index contributed by atoms with van der Waals surface area (Å²) in [5.41, 5.74) is -0.668. The van der Waals surface area contributed by atoms with Crippen molar-refractivity contribution in [2.75, 3.05) is 0 Å². The van der Waals surface area contributed by atoms with E-state index in [2.05, 4.69) is 6.92 Å². The Morgan fingerprint density at radius 1 is 1.12 bits per heavy atom. The Hall–Kier alpha value is -1.00. The fourth-order valence-electron chi connectivity index (χ4n) is 6.98. The highest BCUT2D eigenvalue weighted by Gasteiger charge is 2.66. The van der Waals surface area contributed by atoms with E-state index in [1.807, 2.05) is 6.92 Å². The first-order chi connectivity index (χ1) is 11.6. The standard InChI is InChI=1S/C21H30O4/c1-12(22)21(25)9-6-16-18-15(5-8-20(16,21)3)19(2)7-4-14(23)10-13(19)11-17(18)24/h11,14-16,18,23,25H,4-10H2,1-3H3/t14?,15-,16-,18+,19-,20-,21-/m0/s1. The average molecular weight is 346 g/mol. The Balaban J connectivity index is 1.76. The quantitative estimate of drug-likeness (QED) is 0.766. The van der Waals surface area contributed by atoms with Crippen molar-refractivity contribution in [2.24, 2.45) is 28.6 Å². The van der Waals surface area contributed by atoms with Gasteiger partial charge in [-0.05, 0) is 75.2 Å². The van der Waals surface area contributed by atoms with E-state index in [0.717, 1.165) is 37.7 Å². The number of carbonyl (C=O) groups is 2. The molecule has 1 unspecified atom stereocenters. The lowest BCUT2D eigenvalue weighted by Crippen LogP contribution is -2.58. The number of aliphatic hydroxyl groups is 2. The molecule has 0 bridgehead atoms. The minimum absolute atomic E-state index is 0.0178. The number of ketones is 2. The highest BCUT2D eigenvalue weighted by Crippen LogP contribution is 2.66. The summed E-state index contributed by atoms with van der Waals surface area (Å²) < 4.78 is 0. The molecule has 0 amide bonds.